The van der Waals surface area contributed by atoms with E-state index in [0.29, 0.717) is 11.6 Å². The second-order valence-corrected chi connectivity index (χ2v) is 7.40. The molecule has 0 spiro atoms. The third-order valence-corrected chi connectivity index (χ3v) is 4.75. The molecule has 1 N–H and O–H groups in total. The van der Waals surface area contributed by atoms with E-state index in [9.17, 15) is 4.79 Å². The molecular formula is C18H27N5O. The highest BCUT2D eigenvalue weighted by atomic mass is 16.2. The summed E-state index contributed by atoms with van der Waals surface area (Å²) in [6.45, 7) is 10.9. The van der Waals surface area contributed by atoms with Crippen LogP contribution in [0.3, 0.4) is 0 Å². The molecule has 2 aromatic heterocycles. The van der Waals surface area contributed by atoms with E-state index in [-0.39, 0.29) is 11.9 Å². The van der Waals surface area contributed by atoms with Crippen molar-refractivity contribution in [2.75, 3.05) is 26.7 Å². The van der Waals surface area contributed by atoms with Crippen LogP contribution in [0.4, 0.5) is 0 Å². The number of aryl methyl sites for hydroxylation is 2. The average molecular weight is 329 g/mol. The van der Waals surface area contributed by atoms with Gasteiger partial charge in [0.05, 0.1) is 10.9 Å². The number of hydrogen-bond donors (Lipinski definition) is 1. The molecule has 1 fully saturated rings. The quantitative estimate of drug-likeness (QED) is 0.939. The Hall–Kier alpha value is -1.95. The Morgan fingerprint density at radius 1 is 1.38 bits per heavy atom. The summed E-state index contributed by atoms with van der Waals surface area (Å²) in [4.78, 5) is 22.2. The van der Waals surface area contributed by atoms with Crippen molar-refractivity contribution >= 4 is 16.9 Å². The maximum Gasteiger partial charge on any atom is 0.255 e. The molecule has 3 rings (SSSR count). The van der Waals surface area contributed by atoms with Gasteiger partial charge < -0.3 is 9.80 Å². The zero-order valence-corrected chi connectivity index (χ0v) is 15.3. The topological polar surface area (TPSA) is 65.1 Å². The van der Waals surface area contributed by atoms with Crippen LogP contribution < -0.4 is 0 Å². The van der Waals surface area contributed by atoms with Crippen LogP contribution in [0.1, 0.15) is 42.0 Å². The predicted molar refractivity (Wildman–Crippen MR) is 95.1 cm³/mol. The van der Waals surface area contributed by atoms with Gasteiger partial charge in [-0.25, -0.2) is 4.98 Å². The maximum absolute atomic E-state index is 13.4. The number of amides is 1. The zero-order chi connectivity index (χ0) is 17.4. The highest BCUT2D eigenvalue weighted by Crippen LogP contribution is 2.25. The Kier molecular flexibility index (Phi) is 4.58. The number of H-pyrrole nitrogens is 1. The molecule has 1 aliphatic rings. The lowest BCUT2D eigenvalue weighted by atomic mass is 9.98. The first-order valence-corrected chi connectivity index (χ1v) is 8.68. The molecule has 1 amide bonds. The molecule has 0 bridgehead atoms. The van der Waals surface area contributed by atoms with E-state index in [4.69, 9.17) is 0 Å². The van der Waals surface area contributed by atoms with Crippen molar-refractivity contribution in [2.24, 2.45) is 5.92 Å². The van der Waals surface area contributed by atoms with Crippen molar-refractivity contribution in [1.82, 2.24) is 25.0 Å². The molecule has 6 heteroatoms. The summed E-state index contributed by atoms with van der Waals surface area (Å²) >= 11 is 0. The summed E-state index contributed by atoms with van der Waals surface area (Å²) in [7, 11) is 2.13. The van der Waals surface area contributed by atoms with Gasteiger partial charge in [0.15, 0.2) is 5.65 Å². The van der Waals surface area contributed by atoms with Crippen molar-refractivity contribution in [3.8, 4) is 0 Å². The summed E-state index contributed by atoms with van der Waals surface area (Å²) in [5, 5.41) is 8.05. The van der Waals surface area contributed by atoms with E-state index in [0.717, 1.165) is 48.4 Å². The lowest BCUT2D eigenvalue weighted by molar-refractivity contribution is 0.0462. The average Bonchev–Trinajstić information content (AvgIpc) is 2.86. The van der Waals surface area contributed by atoms with Gasteiger partial charge >= 0.3 is 0 Å². The first-order valence-electron chi connectivity index (χ1n) is 8.68. The van der Waals surface area contributed by atoms with E-state index in [2.05, 4.69) is 45.9 Å². The fourth-order valence-corrected chi connectivity index (χ4v) is 3.65. The smallest absolute Gasteiger partial charge is 0.255 e. The summed E-state index contributed by atoms with van der Waals surface area (Å²) in [6, 6.07) is 2.16. The van der Waals surface area contributed by atoms with Crippen LogP contribution >= 0.6 is 0 Å². The Morgan fingerprint density at radius 3 is 2.83 bits per heavy atom. The second kappa shape index (κ2) is 6.51. The predicted octanol–water partition coefficient (Wildman–Crippen LogP) is 2.38. The first kappa shape index (κ1) is 16.9. The van der Waals surface area contributed by atoms with Gasteiger partial charge in [0.1, 0.15) is 0 Å². The lowest BCUT2D eigenvalue weighted by Gasteiger charge is -2.41. The molecule has 24 heavy (non-hydrogen) atoms. The number of carbonyl (C=O) groups is 1. The molecule has 1 aliphatic heterocycles. The molecule has 130 valence electrons. The number of carbonyl (C=O) groups excluding carboxylic acids is 1. The Bertz CT molecular complexity index is 749. The van der Waals surface area contributed by atoms with Crippen LogP contribution in [0.2, 0.25) is 0 Å². The molecule has 1 saturated heterocycles. The third kappa shape index (κ3) is 3.15. The largest absolute Gasteiger partial charge is 0.333 e. The molecule has 0 aliphatic carbocycles. The number of nitrogens with one attached hydrogen (secondary N) is 1. The van der Waals surface area contributed by atoms with Crippen LogP contribution in [0.25, 0.3) is 11.0 Å². The number of hydrogen-bond acceptors (Lipinski definition) is 4. The van der Waals surface area contributed by atoms with E-state index in [1.807, 2.05) is 19.9 Å². The number of aromatic amines is 1. The van der Waals surface area contributed by atoms with Gasteiger partial charge in [-0.1, -0.05) is 13.8 Å². The summed E-state index contributed by atoms with van der Waals surface area (Å²) in [5.41, 5.74) is 3.08. The standard InChI is InChI=1S/C18H27N5O/c1-11(2)8-14-10-22(5)6-7-23(14)18(24)15-9-12(3)19-17-16(15)13(4)20-21-17/h9,11,14H,6-8,10H2,1-5H3,(H,19,20,21)/t14-/m0/s1. The molecular weight excluding hydrogens is 302 g/mol. The number of rotatable bonds is 3. The van der Waals surface area contributed by atoms with Crippen LogP contribution in [0.15, 0.2) is 6.07 Å². The van der Waals surface area contributed by atoms with Crippen LogP contribution in [0.5, 0.6) is 0 Å². The fourth-order valence-electron chi connectivity index (χ4n) is 3.65. The fraction of sp³-hybridized carbons (Fsp3) is 0.611. The van der Waals surface area contributed by atoms with Gasteiger partial charge in [-0.15, -0.1) is 0 Å². The lowest BCUT2D eigenvalue weighted by Crippen LogP contribution is -2.54. The maximum atomic E-state index is 13.4. The molecule has 0 saturated carbocycles. The van der Waals surface area contributed by atoms with Crippen LogP contribution in [0, 0.1) is 19.8 Å². The van der Waals surface area contributed by atoms with E-state index in [1.165, 1.54) is 0 Å². The highest BCUT2D eigenvalue weighted by Gasteiger charge is 2.31. The van der Waals surface area contributed by atoms with Gasteiger partial charge in [-0.05, 0) is 39.3 Å². The summed E-state index contributed by atoms with van der Waals surface area (Å²) in [5.74, 6) is 0.667. The van der Waals surface area contributed by atoms with E-state index >= 15 is 0 Å². The highest BCUT2D eigenvalue weighted by molar-refractivity contribution is 6.06. The van der Waals surface area contributed by atoms with Crippen molar-refractivity contribution < 1.29 is 4.79 Å². The van der Waals surface area contributed by atoms with Gasteiger partial charge in [-0.3, -0.25) is 9.89 Å². The van der Waals surface area contributed by atoms with Gasteiger partial charge in [0.2, 0.25) is 0 Å². The Morgan fingerprint density at radius 2 is 2.12 bits per heavy atom. The second-order valence-electron chi connectivity index (χ2n) is 7.40. The molecule has 6 nitrogen and oxygen atoms in total. The van der Waals surface area contributed by atoms with Crippen LogP contribution in [-0.2, 0) is 0 Å². The van der Waals surface area contributed by atoms with E-state index in [1.54, 1.807) is 0 Å². The molecule has 1 atom stereocenters. The zero-order valence-electron chi connectivity index (χ0n) is 15.3. The van der Waals surface area contributed by atoms with Gasteiger partial charge in [0, 0.05) is 37.1 Å². The van der Waals surface area contributed by atoms with Crippen molar-refractivity contribution in [2.45, 2.75) is 40.2 Å². The molecule has 0 unspecified atom stereocenters. The number of piperazine rings is 1. The monoisotopic (exact) mass is 329 g/mol. The third-order valence-electron chi connectivity index (χ3n) is 4.75. The molecule has 0 aromatic carbocycles. The first-order chi connectivity index (χ1) is 11.4. The molecule has 2 aromatic rings. The number of aromatic nitrogens is 3. The van der Waals surface area contributed by atoms with Gasteiger partial charge in [0.25, 0.3) is 5.91 Å². The number of pyridine rings is 1. The minimum absolute atomic E-state index is 0.105. The minimum Gasteiger partial charge on any atom is -0.333 e. The Balaban J connectivity index is 1.99. The van der Waals surface area contributed by atoms with E-state index < -0.39 is 0 Å². The van der Waals surface area contributed by atoms with Gasteiger partial charge in [-0.2, -0.15) is 5.10 Å². The van der Waals surface area contributed by atoms with Crippen molar-refractivity contribution in [1.29, 1.82) is 0 Å². The molecule has 3 heterocycles. The summed E-state index contributed by atoms with van der Waals surface area (Å²) in [6.07, 6.45) is 1.02. The number of likely N-dealkylation sites (N-methyl/N-ethyl adjacent to an activating group) is 1. The number of nitrogens with zero attached hydrogens (tertiary/aromatic N) is 4. The summed E-state index contributed by atoms with van der Waals surface area (Å²) < 4.78 is 0. The number of fused-ring (bicyclic) bond motifs is 1. The van der Waals surface area contributed by atoms with Crippen LogP contribution in [-0.4, -0.2) is 63.6 Å². The minimum atomic E-state index is 0.105. The normalized spacial score (nSPS) is 19.4. The Labute approximate surface area is 143 Å². The SMILES string of the molecule is Cc1cc(C(=O)N2CCN(C)C[C@@H]2CC(C)C)c2c(C)[nH]nc2n1. The van der Waals surface area contributed by atoms with Crippen molar-refractivity contribution in [3.05, 3.63) is 23.0 Å². The molecule has 0 radical (unpaired) electrons. The van der Waals surface area contributed by atoms with Crippen molar-refractivity contribution in [3.63, 3.8) is 0 Å².